The summed E-state index contributed by atoms with van der Waals surface area (Å²) in [6, 6.07) is 1.40. The Balaban J connectivity index is 2.36. The van der Waals surface area contributed by atoms with Crippen molar-refractivity contribution in [2.24, 2.45) is 5.92 Å². The number of rotatable bonds is 10. The molecule has 4 nitrogen and oxygen atoms in total. The summed E-state index contributed by atoms with van der Waals surface area (Å²) < 4.78 is 7.82. The smallest absolute Gasteiger partial charge is 0.309 e. The Bertz CT molecular complexity index is 337. The molecule has 0 spiro atoms. The standard InChI is InChI=1S/C17H36N2O2Si/c1-6-8-9-10-13-22(4,5)19-12-11-18(15-19)14-16(3)17(20)21-7-2/h16H,6-15H2,1-5H3. The topological polar surface area (TPSA) is 32.8 Å². The molecule has 0 amide bonds. The fraction of sp³-hybridized carbons (Fsp3) is 0.941. The first kappa shape index (κ1) is 19.7. The maximum atomic E-state index is 11.8. The summed E-state index contributed by atoms with van der Waals surface area (Å²) in [6.07, 6.45) is 5.44. The van der Waals surface area contributed by atoms with Gasteiger partial charge in [0.05, 0.1) is 12.5 Å². The minimum Gasteiger partial charge on any atom is -0.466 e. The van der Waals surface area contributed by atoms with Crippen LogP contribution in [-0.4, -0.2) is 56.6 Å². The summed E-state index contributed by atoms with van der Waals surface area (Å²) >= 11 is 0. The predicted octanol–water partition coefficient (Wildman–Crippen LogP) is 3.55. The lowest BCUT2D eigenvalue weighted by Crippen LogP contribution is -2.48. The molecule has 0 aromatic carbocycles. The van der Waals surface area contributed by atoms with E-state index in [1.807, 2.05) is 13.8 Å². The molecule has 0 aliphatic carbocycles. The third-order valence-electron chi connectivity index (χ3n) is 4.78. The van der Waals surface area contributed by atoms with E-state index in [4.69, 9.17) is 4.74 Å². The van der Waals surface area contributed by atoms with Crippen LogP contribution >= 0.6 is 0 Å². The van der Waals surface area contributed by atoms with Crippen LogP contribution in [0.1, 0.15) is 46.5 Å². The normalized spacial score (nSPS) is 18.6. The lowest BCUT2D eigenvalue weighted by Gasteiger charge is -2.34. The van der Waals surface area contributed by atoms with Gasteiger partial charge in [-0.3, -0.25) is 9.69 Å². The molecule has 1 aliphatic rings. The first-order valence-corrected chi connectivity index (χ1v) is 12.2. The molecule has 1 saturated heterocycles. The summed E-state index contributed by atoms with van der Waals surface area (Å²) in [5.74, 6) is -0.0775. The molecule has 1 rings (SSSR count). The van der Waals surface area contributed by atoms with E-state index >= 15 is 0 Å². The molecule has 1 unspecified atom stereocenters. The van der Waals surface area contributed by atoms with Crippen molar-refractivity contribution in [2.75, 3.05) is 32.9 Å². The molecule has 0 saturated carbocycles. The van der Waals surface area contributed by atoms with Gasteiger partial charge in [0.25, 0.3) is 0 Å². The van der Waals surface area contributed by atoms with Gasteiger partial charge < -0.3 is 9.30 Å². The van der Waals surface area contributed by atoms with E-state index in [-0.39, 0.29) is 11.9 Å². The van der Waals surface area contributed by atoms with Crippen molar-refractivity contribution in [3.05, 3.63) is 0 Å². The van der Waals surface area contributed by atoms with E-state index < -0.39 is 8.24 Å². The van der Waals surface area contributed by atoms with Crippen molar-refractivity contribution >= 4 is 14.2 Å². The van der Waals surface area contributed by atoms with Gasteiger partial charge in [-0.2, -0.15) is 0 Å². The van der Waals surface area contributed by atoms with Crippen molar-refractivity contribution < 1.29 is 9.53 Å². The third-order valence-corrected chi connectivity index (χ3v) is 8.43. The van der Waals surface area contributed by atoms with Crippen molar-refractivity contribution in [2.45, 2.75) is 65.6 Å². The van der Waals surface area contributed by atoms with Gasteiger partial charge in [-0.25, -0.2) is 0 Å². The molecule has 0 radical (unpaired) electrons. The number of hydrogen-bond acceptors (Lipinski definition) is 4. The quantitative estimate of drug-likeness (QED) is 0.349. The maximum Gasteiger partial charge on any atom is 0.309 e. The third kappa shape index (κ3) is 6.38. The lowest BCUT2D eigenvalue weighted by molar-refractivity contribution is -0.147. The zero-order valence-corrected chi connectivity index (χ0v) is 16.4. The average Bonchev–Trinajstić information content (AvgIpc) is 2.93. The summed E-state index contributed by atoms with van der Waals surface area (Å²) in [4.78, 5) is 14.2. The molecular weight excluding hydrogens is 292 g/mol. The van der Waals surface area contributed by atoms with Crippen LogP contribution in [0.15, 0.2) is 0 Å². The minimum atomic E-state index is -1.28. The highest BCUT2D eigenvalue weighted by atomic mass is 28.3. The van der Waals surface area contributed by atoms with E-state index in [9.17, 15) is 4.79 Å². The van der Waals surface area contributed by atoms with E-state index in [0.717, 1.165) is 19.8 Å². The van der Waals surface area contributed by atoms with Gasteiger partial charge in [-0.05, 0) is 13.0 Å². The molecule has 130 valence electrons. The molecule has 22 heavy (non-hydrogen) atoms. The predicted molar refractivity (Wildman–Crippen MR) is 95.4 cm³/mol. The van der Waals surface area contributed by atoms with E-state index in [0.29, 0.717) is 6.61 Å². The van der Waals surface area contributed by atoms with Crippen LogP contribution < -0.4 is 0 Å². The molecule has 0 bridgehead atoms. The van der Waals surface area contributed by atoms with E-state index in [2.05, 4.69) is 29.5 Å². The maximum absolute atomic E-state index is 11.8. The Kier molecular flexibility index (Phi) is 8.65. The van der Waals surface area contributed by atoms with Crippen LogP contribution in [0, 0.1) is 5.92 Å². The lowest BCUT2D eigenvalue weighted by atomic mass is 10.2. The van der Waals surface area contributed by atoms with Crippen LogP contribution in [0.25, 0.3) is 0 Å². The zero-order valence-electron chi connectivity index (χ0n) is 15.4. The zero-order chi connectivity index (χ0) is 16.6. The fourth-order valence-corrected chi connectivity index (χ4v) is 5.90. The highest BCUT2D eigenvalue weighted by Crippen LogP contribution is 2.23. The molecule has 0 aromatic rings. The molecule has 1 atom stereocenters. The average molecular weight is 329 g/mol. The van der Waals surface area contributed by atoms with Crippen molar-refractivity contribution in [1.29, 1.82) is 0 Å². The van der Waals surface area contributed by atoms with Gasteiger partial charge in [0.15, 0.2) is 0 Å². The summed E-state index contributed by atoms with van der Waals surface area (Å²) in [7, 11) is -1.28. The first-order chi connectivity index (χ1) is 10.4. The van der Waals surface area contributed by atoms with Crippen molar-refractivity contribution in [3.63, 3.8) is 0 Å². The number of ether oxygens (including phenoxy) is 1. The monoisotopic (exact) mass is 328 g/mol. The Morgan fingerprint density at radius 1 is 1.18 bits per heavy atom. The summed E-state index contributed by atoms with van der Waals surface area (Å²) in [6.45, 7) is 15.7. The first-order valence-electron chi connectivity index (χ1n) is 9.04. The second-order valence-corrected chi connectivity index (χ2v) is 12.0. The van der Waals surface area contributed by atoms with Gasteiger partial charge in [0, 0.05) is 26.3 Å². The Hall–Kier alpha value is -0.393. The van der Waals surface area contributed by atoms with Crippen LogP contribution in [0.3, 0.4) is 0 Å². The Morgan fingerprint density at radius 2 is 1.91 bits per heavy atom. The fourth-order valence-electron chi connectivity index (χ4n) is 3.18. The number of esters is 1. The van der Waals surface area contributed by atoms with Crippen molar-refractivity contribution in [1.82, 2.24) is 9.47 Å². The van der Waals surface area contributed by atoms with Crippen LogP contribution in [0.4, 0.5) is 0 Å². The number of carbonyl (C=O) groups is 1. The van der Waals surface area contributed by atoms with Crippen LogP contribution in [-0.2, 0) is 9.53 Å². The molecule has 5 heteroatoms. The molecule has 0 N–H and O–H groups in total. The molecule has 1 aliphatic heterocycles. The van der Waals surface area contributed by atoms with Crippen LogP contribution in [0.2, 0.25) is 19.1 Å². The SMILES string of the molecule is CCCCCC[Si](C)(C)N1CCN(CC(C)C(=O)OCC)C1. The number of carbonyl (C=O) groups excluding carboxylic acids is 1. The molecule has 1 fully saturated rings. The Labute approximate surface area is 138 Å². The largest absolute Gasteiger partial charge is 0.466 e. The van der Waals surface area contributed by atoms with E-state index in [1.54, 1.807) is 0 Å². The summed E-state index contributed by atoms with van der Waals surface area (Å²) in [5.41, 5.74) is 0. The number of hydrogen-bond donors (Lipinski definition) is 0. The summed E-state index contributed by atoms with van der Waals surface area (Å²) in [5, 5.41) is 0. The number of nitrogens with zero attached hydrogens (tertiary/aromatic N) is 2. The van der Waals surface area contributed by atoms with Gasteiger partial charge >= 0.3 is 5.97 Å². The second kappa shape index (κ2) is 9.68. The van der Waals surface area contributed by atoms with E-state index in [1.165, 1.54) is 38.3 Å². The van der Waals surface area contributed by atoms with Gasteiger partial charge in [0.1, 0.15) is 8.24 Å². The molecule has 0 aromatic heterocycles. The highest BCUT2D eigenvalue weighted by Gasteiger charge is 2.34. The van der Waals surface area contributed by atoms with Gasteiger partial charge in [-0.15, -0.1) is 0 Å². The number of unbranched alkanes of at least 4 members (excludes halogenated alkanes) is 3. The van der Waals surface area contributed by atoms with Gasteiger partial charge in [0.2, 0.25) is 0 Å². The Morgan fingerprint density at radius 3 is 2.55 bits per heavy atom. The van der Waals surface area contributed by atoms with Crippen molar-refractivity contribution in [3.8, 4) is 0 Å². The highest BCUT2D eigenvalue weighted by molar-refractivity contribution is 6.74. The molecule has 1 heterocycles. The second-order valence-electron chi connectivity index (χ2n) is 7.26. The molecular formula is C17H36N2O2Si. The minimum absolute atomic E-state index is 0.0192. The van der Waals surface area contributed by atoms with Crippen LogP contribution in [0.5, 0.6) is 0 Å². The van der Waals surface area contributed by atoms with Gasteiger partial charge in [-0.1, -0.05) is 52.6 Å².